The molecule has 6 heteroatoms. The Bertz CT molecular complexity index is 320. The van der Waals surface area contributed by atoms with Gasteiger partial charge in [-0.1, -0.05) is 13.8 Å². The lowest BCUT2D eigenvalue weighted by molar-refractivity contribution is -0.149. The Kier molecular flexibility index (Phi) is 6.24. The van der Waals surface area contributed by atoms with Gasteiger partial charge in [0.2, 0.25) is 0 Å². The number of ether oxygens (including phenoxy) is 1. The normalized spacial score (nSPS) is 24.4. The van der Waals surface area contributed by atoms with Crippen molar-refractivity contribution in [2.75, 3.05) is 33.3 Å². The summed E-state index contributed by atoms with van der Waals surface area (Å²) < 4.78 is 4.78. The average molecular weight is 272 g/mol. The molecule has 1 saturated heterocycles. The molecule has 1 fully saturated rings. The van der Waals surface area contributed by atoms with Crippen molar-refractivity contribution >= 4 is 11.9 Å². The molecule has 0 amide bonds. The molecule has 2 atom stereocenters. The lowest BCUT2D eigenvalue weighted by Crippen LogP contribution is -2.52. The van der Waals surface area contributed by atoms with Crippen LogP contribution in [0.25, 0.3) is 0 Å². The van der Waals surface area contributed by atoms with Crippen molar-refractivity contribution in [1.82, 2.24) is 10.2 Å². The van der Waals surface area contributed by atoms with Gasteiger partial charge >= 0.3 is 11.9 Å². The summed E-state index contributed by atoms with van der Waals surface area (Å²) in [5, 5.41) is 12.3. The highest BCUT2D eigenvalue weighted by Gasteiger charge is 2.32. The number of nitrogens with one attached hydrogen (secondary N) is 1. The van der Waals surface area contributed by atoms with Crippen LogP contribution in [-0.2, 0) is 14.3 Å². The first kappa shape index (κ1) is 15.9. The lowest BCUT2D eigenvalue weighted by atomic mass is 9.94. The molecule has 2 N–H and O–H groups in total. The van der Waals surface area contributed by atoms with Crippen LogP contribution in [0.15, 0.2) is 0 Å². The highest BCUT2D eigenvalue weighted by Crippen LogP contribution is 2.18. The molecule has 0 saturated carbocycles. The number of piperidine rings is 1. The van der Waals surface area contributed by atoms with Crippen LogP contribution >= 0.6 is 0 Å². The zero-order valence-corrected chi connectivity index (χ0v) is 11.9. The fraction of sp³-hybridized carbons (Fsp3) is 0.846. The molecule has 1 aliphatic heterocycles. The smallest absolute Gasteiger partial charge is 0.317 e. The number of methoxy groups -OCH3 is 1. The van der Waals surface area contributed by atoms with E-state index in [1.54, 1.807) is 4.90 Å². The molecule has 2 unspecified atom stereocenters. The average Bonchev–Trinajstić information content (AvgIpc) is 2.34. The number of aliphatic carboxylic acids is 1. The SMILES string of the molecule is COC(=O)C1CC(NCC(C)C)CN(CC(=O)O)C1. The quantitative estimate of drug-likeness (QED) is 0.672. The van der Waals surface area contributed by atoms with E-state index in [1.807, 2.05) is 0 Å². The summed E-state index contributed by atoms with van der Waals surface area (Å²) >= 11 is 0. The van der Waals surface area contributed by atoms with Crippen LogP contribution in [0.2, 0.25) is 0 Å². The van der Waals surface area contributed by atoms with E-state index in [9.17, 15) is 9.59 Å². The molecule has 1 rings (SSSR count). The van der Waals surface area contributed by atoms with Gasteiger partial charge in [-0.15, -0.1) is 0 Å². The number of likely N-dealkylation sites (tertiary alicyclic amines) is 1. The minimum atomic E-state index is -0.867. The summed E-state index contributed by atoms with van der Waals surface area (Å²) in [5.74, 6) is -0.853. The standard InChI is InChI=1S/C13H24N2O4/c1-9(2)5-14-11-4-10(13(18)19-3)6-15(7-11)8-12(16)17/h9-11,14H,4-8H2,1-3H3,(H,16,17). The molecule has 6 nitrogen and oxygen atoms in total. The summed E-state index contributed by atoms with van der Waals surface area (Å²) in [6.45, 7) is 6.17. The number of esters is 1. The molecule has 0 aromatic rings. The highest BCUT2D eigenvalue weighted by atomic mass is 16.5. The fourth-order valence-corrected chi connectivity index (χ4v) is 2.40. The van der Waals surface area contributed by atoms with E-state index in [-0.39, 0.29) is 24.5 Å². The second kappa shape index (κ2) is 7.45. The molecule has 0 bridgehead atoms. The van der Waals surface area contributed by atoms with Gasteiger partial charge < -0.3 is 15.2 Å². The largest absolute Gasteiger partial charge is 0.480 e. The minimum absolute atomic E-state index is 0.0344. The number of hydrogen-bond acceptors (Lipinski definition) is 5. The van der Waals surface area contributed by atoms with Gasteiger partial charge in [-0.3, -0.25) is 14.5 Å². The maximum Gasteiger partial charge on any atom is 0.317 e. The molecule has 0 radical (unpaired) electrons. The number of hydrogen-bond donors (Lipinski definition) is 2. The molecule has 110 valence electrons. The number of rotatable bonds is 6. The minimum Gasteiger partial charge on any atom is -0.480 e. The number of carbonyl (C=O) groups excluding carboxylic acids is 1. The van der Waals surface area contributed by atoms with Crippen molar-refractivity contribution in [2.45, 2.75) is 26.3 Å². The van der Waals surface area contributed by atoms with Crippen LogP contribution in [0.3, 0.4) is 0 Å². The van der Waals surface area contributed by atoms with Crippen LogP contribution in [-0.4, -0.2) is 61.3 Å². The Morgan fingerprint density at radius 2 is 2.11 bits per heavy atom. The summed E-state index contributed by atoms with van der Waals surface area (Å²) in [4.78, 5) is 24.3. The Morgan fingerprint density at radius 1 is 1.42 bits per heavy atom. The van der Waals surface area contributed by atoms with E-state index in [4.69, 9.17) is 9.84 Å². The van der Waals surface area contributed by atoms with Gasteiger partial charge in [-0.2, -0.15) is 0 Å². The van der Waals surface area contributed by atoms with Gasteiger partial charge in [-0.25, -0.2) is 0 Å². The van der Waals surface area contributed by atoms with Gasteiger partial charge in [0.05, 0.1) is 19.6 Å². The summed E-state index contributed by atoms with van der Waals surface area (Å²) in [6, 6.07) is 0.139. The molecule has 0 aliphatic carbocycles. The highest BCUT2D eigenvalue weighted by molar-refractivity contribution is 5.73. The van der Waals surface area contributed by atoms with Gasteiger partial charge in [0, 0.05) is 19.1 Å². The zero-order valence-electron chi connectivity index (χ0n) is 11.9. The number of carboxylic acids is 1. The third kappa shape index (κ3) is 5.57. The van der Waals surface area contributed by atoms with E-state index in [0.29, 0.717) is 25.4 Å². The second-order valence-corrected chi connectivity index (χ2v) is 5.54. The molecular weight excluding hydrogens is 248 g/mol. The van der Waals surface area contributed by atoms with Crippen molar-refractivity contribution < 1.29 is 19.4 Å². The van der Waals surface area contributed by atoms with Gasteiger partial charge in [0.1, 0.15) is 0 Å². The summed E-state index contributed by atoms with van der Waals surface area (Å²) in [6.07, 6.45) is 0.704. The number of carbonyl (C=O) groups is 2. The van der Waals surface area contributed by atoms with Crippen LogP contribution in [0.5, 0.6) is 0 Å². The molecule has 0 spiro atoms. The number of nitrogens with zero attached hydrogens (tertiary/aromatic N) is 1. The maximum absolute atomic E-state index is 11.7. The third-order valence-electron chi connectivity index (χ3n) is 3.23. The van der Waals surface area contributed by atoms with Crippen molar-refractivity contribution in [3.05, 3.63) is 0 Å². The van der Waals surface area contributed by atoms with Crippen molar-refractivity contribution in [3.8, 4) is 0 Å². The Morgan fingerprint density at radius 3 is 2.63 bits per heavy atom. The predicted molar refractivity (Wildman–Crippen MR) is 70.8 cm³/mol. The van der Waals surface area contributed by atoms with E-state index < -0.39 is 5.97 Å². The third-order valence-corrected chi connectivity index (χ3v) is 3.23. The first-order valence-corrected chi connectivity index (χ1v) is 6.67. The van der Waals surface area contributed by atoms with E-state index in [0.717, 1.165) is 6.54 Å². The second-order valence-electron chi connectivity index (χ2n) is 5.54. The maximum atomic E-state index is 11.7. The van der Waals surface area contributed by atoms with Gasteiger partial charge in [0.25, 0.3) is 0 Å². The first-order valence-electron chi connectivity index (χ1n) is 6.67. The van der Waals surface area contributed by atoms with Crippen molar-refractivity contribution in [3.63, 3.8) is 0 Å². The van der Waals surface area contributed by atoms with Gasteiger partial charge in [0.15, 0.2) is 0 Å². The topological polar surface area (TPSA) is 78.9 Å². The molecule has 1 heterocycles. The van der Waals surface area contributed by atoms with Crippen LogP contribution in [0, 0.1) is 11.8 Å². The first-order chi connectivity index (χ1) is 8.92. The van der Waals surface area contributed by atoms with Gasteiger partial charge in [-0.05, 0) is 18.9 Å². The van der Waals surface area contributed by atoms with E-state index >= 15 is 0 Å². The van der Waals surface area contributed by atoms with Crippen LogP contribution in [0.1, 0.15) is 20.3 Å². The molecule has 0 aromatic carbocycles. The van der Waals surface area contributed by atoms with Crippen molar-refractivity contribution in [2.24, 2.45) is 11.8 Å². The Hall–Kier alpha value is -1.14. The van der Waals surface area contributed by atoms with E-state index in [1.165, 1.54) is 7.11 Å². The lowest BCUT2D eigenvalue weighted by Gasteiger charge is -2.36. The summed E-state index contributed by atoms with van der Waals surface area (Å²) in [5.41, 5.74) is 0. The molecular formula is C13H24N2O4. The zero-order chi connectivity index (χ0) is 14.4. The Labute approximate surface area is 114 Å². The Balaban J connectivity index is 2.60. The monoisotopic (exact) mass is 272 g/mol. The van der Waals surface area contributed by atoms with Crippen LogP contribution in [0.4, 0.5) is 0 Å². The molecule has 0 aromatic heterocycles. The predicted octanol–water partition coefficient (Wildman–Crippen LogP) is 0.180. The van der Waals surface area contributed by atoms with E-state index in [2.05, 4.69) is 19.2 Å². The number of carboxylic acid groups (broad SMARTS) is 1. The summed E-state index contributed by atoms with van der Waals surface area (Å²) in [7, 11) is 1.37. The van der Waals surface area contributed by atoms with Crippen molar-refractivity contribution in [1.29, 1.82) is 0 Å². The molecule has 19 heavy (non-hydrogen) atoms. The fourth-order valence-electron chi connectivity index (χ4n) is 2.40. The van der Waals surface area contributed by atoms with Crippen LogP contribution < -0.4 is 5.32 Å². The molecule has 1 aliphatic rings.